The fraction of sp³-hybridized carbons (Fsp3) is 0.381. The van der Waals surface area contributed by atoms with Crippen molar-refractivity contribution < 1.29 is 38.1 Å². The van der Waals surface area contributed by atoms with Crippen molar-refractivity contribution in [3.05, 3.63) is 48.0 Å². The van der Waals surface area contributed by atoms with Gasteiger partial charge in [-0.3, -0.25) is 14.2 Å². The topological polar surface area (TPSA) is 244 Å². The maximum Gasteiger partial charge on any atom is 0.301 e. The number of carbonyl (C=O) groups excluding carboxylic acids is 2. The Kier molecular flexibility index (Phi) is 6.49. The van der Waals surface area contributed by atoms with Crippen molar-refractivity contribution in [2.75, 3.05) is 12.3 Å². The molecule has 2 aliphatic heterocycles. The molecular weight excluding hydrogens is 524 g/mol. The van der Waals surface area contributed by atoms with Gasteiger partial charge in [0.05, 0.1) is 6.33 Å². The summed E-state index contributed by atoms with van der Waals surface area (Å²) in [5.74, 6) is -1.35. The molecule has 0 bridgehead atoms. The number of hydrogen-bond acceptors (Lipinski definition) is 12. The fourth-order valence-electron chi connectivity index (χ4n) is 4.47. The smallest absolute Gasteiger partial charge is 0.301 e. The average molecular weight is 549 g/mol. The molecule has 1 unspecified atom stereocenters. The zero-order valence-electron chi connectivity index (χ0n) is 19.6. The molecule has 0 aliphatic carbocycles. The zero-order chi connectivity index (χ0) is 27.2. The molecule has 5 atom stereocenters. The maximum atomic E-state index is 12.4. The van der Waals surface area contributed by atoms with Gasteiger partial charge in [0.2, 0.25) is 5.91 Å². The minimum Gasteiger partial charge on any atom is -0.387 e. The van der Waals surface area contributed by atoms with Crippen LogP contribution in [0.1, 0.15) is 35.0 Å². The van der Waals surface area contributed by atoms with E-state index < -0.39 is 65.3 Å². The first-order valence-electron chi connectivity index (χ1n) is 11.4. The average Bonchev–Trinajstić information content (AvgIpc) is 3.51. The Balaban J connectivity index is 1.17. The number of anilines is 1. The molecule has 0 spiro atoms. The maximum absolute atomic E-state index is 12.4. The third-order valence-corrected chi connectivity index (χ3v) is 7.42. The van der Waals surface area contributed by atoms with E-state index in [2.05, 4.69) is 25.0 Å². The molecule has 8 N–H and O–H groups in total. The van der Waals surface area contributed by atoms with Gasteiger partial charge < -0.3 is 31.1 Å². The lowest BCUT2D eigenvalue weighted by Crippen LogP contribution is -2.46. The van der Waals surface area contributed by atoms with Crippen molar-refractivity contribution in [1.82, 2.24) is 34.3 Å². The van der Waals surface area contributed by atoms with Gasteiger partial charge >= 0.3 is 10.2 Å². The van der Waals surface area contributed by atoms with E-state index in [9.17, 15) is 33.3 Å². The van der Waals surface area contributed by atoms with E-state index in [1.54, 1.807) is 16.9 Å². The lowest BCUT2D eigenvalue weighted by Gasteiger charge is -2.23. The number of imidazole rings is 1. The van der Waals surface area contributed by atoms with Crippen LogP contribution in [0.15, 0.2) is 36.9 Å². The predicted octanol–water partition coefficient (Wildman–Crippen LogP) is -2.65. The van der Waals surface area contributed by atoms with E-state index in [-0.39, 0.29) is 29.0 Å². The molecular formula is C21H24N8O8S. The van der Waals surface area contributed by atoms with E-state index in [0.717, 1.165) is 0 Å². The number of amides is 2. The summed E-state index contributed by atoms with van der Waals surface area (Å²) in [4.78, 5) is 36.3. The number of fused-ring (bicyclic) bond motifs is 2. The Labute approximate surface area is 215 Å². The summed E-state index contributed by atoms with van der Waals surface area (Å²) in [6.45, 7) is -0.492. The molecule has 38 heavy (non-hydrogen) atoms. The zero-order valence-corrected chi connectivity index (χ0v) is 20.4. The SMILES string of the molecule is Nc1ncnc2c1ncn2[C@@H]1O[C@H](CNS(=O)(=O)NC(=O)CCC2(O)NC(=O)c3ccccc32)[C@@H](O)[C@H]1O. The van der Waals surface area contributed by atoms with Crippen LogP contribution in [0.3, 0.4) is 0 Å². The van der Waals surface area contributed by atoms with Crippen molar-refractivity contribution in [2.45, 2.75) is 43.1 Å². The van der Waals surface area contributed by atoms with Crippen molar-refractivity contribution in [1.29, 1.82) is 0 Å². The second-order valence-electron chi connectivity index (χ2n) is 8.87. The number of benzene rings is 1. The highest BCUT2D eigenvalue weighted by molar-refractivity contribution is 7.88. The molecule has 2 aromatic heterocycles. The quantitative estimate of drug-likeness (QED) is 0.153. The van der Waals surface area contributed by atoms with E-state index in [0.29, 0.717) is 5.56 Å². The van der Waals surface area contributed by atoms with Crippen LogP contribution < -0.4 is 20.5 Å². The molecule has 1 saturated heterocycles. The molecule has 1 aromatic carbocycles. The number of ether oxygens (including phenoxy) is 1. The molecule has 16 nitrogen and oxygen atoms in total. The summed E-state index contributed by atoms with van der Waals surface area (Å²) in [6.07, 6.45) is -3.52. The third-order valence-electron chi connectivity index (χ3n) is 6.37. The number of rotatable bonds is 8. The van der Waals surface area contributed by atoms with Gasteiger partial charge in [-0.2, -0.15) is 13.1 Å². The number of hydrogen-bond donors (Lipinski definition) is 7. The Morgan fingerprint density at radius 1 is 1.21 bits per heavy atom. The Hall–Kier alpha value is -3.74. The summed E-state index contributed by atoms with van der Waals surface area (Å²) in [5.41, 5.74) is 5.00. The lowest BCUT2D eigenvalue weighted by molar-refractivity contribution is -0.121. The van der Waals surface area contributed by atoms with Crippen molar-refractivity contribution >= 4 is 39.0 Å². The lowest BCUT2D eigenvalue weighted by atomic mass is 9.97. The molecule has 1 fully saturated rings. The van der Waals surface area contributed by atoms with Crippen molar-refractivity contribution in [3.63, 3.8) is 0 Å². The number of carbonyl (C=O) groups is 2. The largest absolute Gasteiger partial charge is 0.387 e. The van der Waals surface area contributed by atoms with E-state index in [1.807, 2.05) is 0 Å². The van der Waals surface area contributed by atoms with E-state index >= 15 is 0 Å². The summed E-state index contributed by atoms with van der Waals surface area (Å²) >= 11 is 0. The number of aliphatic hydroxyl groups excluding tert-OH is 2. The van der Waals surface area contributed by atoms with Gasteiger partial charge in [0, 0.05) is 30.5 Å². The molecule has 202 valence electrons. The van der Waals surface area contributed by atoms with Gasteiger partial charge in [0.1, 0.15) is 30.2 Å². The second kappa shape index (κ2) is 9.53. The molecule has 4 heterocycles. The summed E-state index contributed by atoms with van der Waals surface area (Å²) in [7, 11) is -4.41. The van der Waals surface area contributed by atoms with Crippen LogP contribution in [-0.4, -0.2) is 79.9 Å². The molecule has 3 aromatic rings. The van der Waals surface area contributed by atoms with Gasteiger partial charge in [-0.1, -0.05) is 18.2 Å². The normalized spacial score (nSPS) is 26.9. The molecule has 5 rings (SSSR count). The van der Waals surface area contributed by atoms with Crippen LogP contribution in [0.5, 0.6) is 0 Å². The van der Waals surface area contributed by atoms with Crippen LogP contribution >= 0.6 is 0 Å². The standard InChI is InChI=1S/C21H24N8O8S/c22-17-14-18(24-8-23-17)29(9-25-14)20-16(32)15(31)12(37-20)7-26-38(35,36)28-13(30)5-6-21(34)11-4-2-1-3-10(11)19(33)27-21/h1-4,8-9,12,15-16,20,26,31-32,34H,5-7H2,(H,27,33)(H,28,30)(H2,22,23,24)/t12-,15-,16-,20-,21?/m1/s1. The Morgan fingerprint density at radius 3 is 2.76 bits per heavy atom. The highest BCUT2D eigenvalue weighted by atomic mass is 32.2. The Morgan fingerprint density at radius 2 is 1.97 bits per heavy atom. The third kappa shape index (κ3) is 4.66. The monoisotopic (exact) mass is 548 g/mol. The summed E-state index contributed by atoms with van der Waals surface area (Å²) < 4.78 is 35.7. The molecule has 2 aliphatic rings. The fourth-order valence-corrected chi connectivity index (χ4v) is 5.33. The number of nitrogens with zero attached hydrogens (tertiary/aromatic N) is 4. The molecule has 0 saturated carbocycles. The number of aliphatic hydroxyl groups is 3. The molecule has 17 heteroatoms. The van der Waals surface area contributed by atoms with Crippen molar-refractivity contribution in [2.24, 2.45) is 0 Å². The van der Waals surface area contributed by atoms with Gasteiger partial charge in [0.15, 0.2) is 23.4 Å². The minimum atomic E-state index is -4.41. The summed E-state index contributed by atoms with van der Waals surface area (Å²) in [6, 6.07) is 6.31. The highest BCUT2D eigenvalue weighted by Crippen LogP contribution is 2.33. The van der Waals surface area contributed by atoms with Gasteiger partial charge in [-0.15, -0.1) is 0 Å². The predicted molar refractivity (Wildman–Crippen MR) is 128 cm³/mol. The van der Waals surface area contributed by atoms with E-state index in [4.69, 9.17) is 10.5 Å². The van der Waals surface area contributed by atoms with Gasteiger partial charge in [0.25, 0.3) is 5.91 Å². The Bertz CT molecular complexity index is 1510. The molecule has 0 radical (unpaired) electrons. The first kappa shape index (κ1) is 25.9. The number of nitrogens with two attached hydrogens (primary N) is 1. The minimum absolute atomic E-state index is 0.105. The van der Waals surface area contributed by atoms with Crippen LogP contribution in [0.4, 0.5) is 5.82 Å². The van der Waals surface area contributed by atoms with Crippen molar-refractivity contribution in [3.8, 4) is 0 Å². The van der Waals surface area contributed by atoms with Crippen LogP contribution in [-0.2, 0) is 25.5 Å². The van der Waals surface area contributed by atoms with Crippen LogP contribution in [0.25, 0.3) is 11.2 Å². The van der Waals surface area contributed by atoms with E-state index in [1.165, 1.54) is 29.4 Å². The first-order valence-corrected chi connectivity index (χ1v) is 12.9. The number of nitrogens with one attached hydrogen (secondary N) is 3. The second-order valence-corrected chi connectivity index (χ2v) is 10.4. The number of nitrogen functional groups attached to an aromatic ring is 1. The van der Waals surface area contributed by atoms with Crippen LogP contribution in [0.2, 0.25) is 0 Å². The highest BCUT2D eigenvalue weighted by Gasteiger charge is 2.45. The first-order chi connectivity index (χ1) is 18.0. The number of aromatic nitrogens is 4. The van der Waals surface area contributed by atoms with Crippen LogP contribution in [0, 0.1) is 0 Å². The molecule has 2 amide bonds. The van der Waals surface area contributed by atoms with Gasteiger partial charge in [-0.05, 0) is 6.07 Å². The summed E-state index contributed by atoms with van der Waals surface area (Å²) in [5, 5.41) is 34.1. The van der Waals surface area contributed by atoms with Gasteiger partial charge in [-0.25, -0.2) is 19.7 Å².